The minimum atomic E-state index is -0.768. The molecular formula is C30H38N2O7. The van der Waals surface area contributed by atoms with Crippen molar-refractivity contribution in [2.45, 2.75) is 32.7 Å². The number of nitrogens with zero attached hydrogens (tertiary/aromatic N) is 2. The minimum Gasteiger partial charge on any atom is -0.507 e. The van der Waals surface area contributed by atoms with E-state index >= 15 is 0 Å². The summed E-state index contributed by atoms with van der Waals surface area (Å²) in [6, 6.07) is 11.5. The number of carbonyl (C=O) groups excluding carboxylic acids is 2. The molecule has 2 saturated heterocycles. The number of aliphatic hydroxyl groups excluding tert-OH is 1. The van der Waals surface area contributed by atoms with Gasteiger partial charge < -0.3 is 29.0 Å². The van der Waals surface area contributed by atoms with Gasteiger partial charge in [-0.1, -0.05) is 13.0 Å². The fourth-order valence-corrected chi connectivity index (χ4v) is 4.96. The maximum Gasteiger partial charge on any atom is 0.295 e. The van der Waals surface area contributed by atoms with Crippen LogP contribution in [0, 0.1) is 0 Å². The van der Waals surface area contributed by atoms with Crippen molar-refractivity contribution in [3.05, 3.63) is 59.2 Å². The van der Waals surface area contributed by atoms with Gasteiger partial charge in [0.25, 0.3) is 11.7 Å². The number of hydrogen-bond donors (Lipinski definition) is 1. The lowest BCUT2D eigenvalue weighted by Crippen LogP contribution is -2.39. The Hall–Kier alpha value is -3.56. The number of likely N-dealkylation sites (tertiary alicyclic amines) is 1. The fourth-order valence-electron chi connectivity index (χ4n) is 4.96. The molecule has 0 radical (unpaired) electrons. The standard InChI is InChI=1S/C30H38N2O7/c1-4-17-39-23-10-7-21(8-11-23)28(33)26-27(22-9-12-24(38-5-2)25(20-22)36-3)32(30(35)29(26)34)14-6-13-31-15-18-37-19-16-31/h7-12,20,27,33H,4-6,13-19H2,1-3H3/b28-26+. The highest BCUT2D eigenvalue weighted by Crippen LogP contribution is 2.42. The first-order valence-corrected chi connectivity index (χ1v) is 13.6. The van der Waals surface area contributed by atoms with Gasteiger partial charge >= 0.3 is 0 Å². The van der Waals surface area contributed by atoms with Crippen molar-refractivity contribution in [3.63, 3.8) is 0 Å². The third kappa shape index (κ3) is 6.54. The molecule has 210 valence electrons. The average molecular weight is 539 g/mol. The Morgan fingerprint density at radius 1 is 1.00 bits per heavy atom. The van der Waals surface area contributed by atoms with Gasteiger partial charge in [0.15, 0.2) is 11.5 Å². The highest BCUT2D eigenvalue weighted by Gasteiger charge is 2.46. The van der Waals surface area contributed by atoms with Crippen molar-refractivity contribution >= 4 is 17.4 Å². The molecule has 2 aliphatic heterocycles. The van der Waals surface area contributed by atoms with Crippen molar-refractivity contribution < 1.29 is 33.6 Å². The number of carbonyl (C=O) groups is 2. The lowest BCUT2D eigenvalue weighted by atomic mass is 9.95. The van der Waals surface area contributed by atoms with Crippen LogP contribution in [0.1, 0.15) is 43.9 Å². The third-order valence-corrected chi connectivity index (χ3v) is 6.92. The van der Waals surface area contributed by atoms with Crippen LogP contribution in [-0.4, -0.2) is 86.3 Å². The van der Waals surface area contributed by atoms with E-state index in [9.17, 15) is 14.7 Å². The number of aliphatic hydroxyl groups is 1. The van der Waals surface area contributed by atoms with E-state index < -0.39 is 17.7 Å². The van der Waals surface area contributed by atoms with Crippen molar-refractivity contribution in [2.75, 3.05) is 59.7 Å². The van der Waals surface area contributed by atoms with Crippen LogP contribution in [0.15, 0.2) is 48.0 Å². The molecule has 1 N–H and O–H groups in total. The number of Topliss-reactive ketones (excluding diaryl/α,β-unsaturated/α-hetero) is 1. The SMILES string of the molecule is CCCOc1ccc(/C(O)=C2\C(=O)C(=O)N(CCCN3CCOCC3)C2c2ccc(OCC)c(OC)c2)cc1. The Morgan fingerprint density at radius 3 is 2.41 bits per heavy atom. The molecule has 1 unspecified atom stereocenters. The monoisotopic (exact) mass is 538 g/mol. The van der Waals surface area contributed by atoms with Crippen LogP contribution >= 0.6 is 0 Å². The number of morpholine rings is 1. The quantitative estimate of drug-likeness (QED) is 0.246. The van der Waals surface area contributed by atoms with Crippen LogP contribution in [-0.2, 0) is 14.3 Å². The van der Waals surface area contributed by atoms with Crippen LogP contribution in [0.25, 0.3) is 5.76 Å². The largest absolute Gasteiger partial charge is 0.507 e. The summed E-state index contributed by atoms with van der Waals surface area (Å²) in [6.07, 6.45) is 1.56. The first-order valence-electron chi connectivity index (χ1n) is 13.6. The smallest absolute Gasteiger partial charge is 0.295 e. The summed E-state index contributed by atoms with van der Waals surface area (Å²) in [6.45, 7) is 9.18. The summed E-state index contributed by atoms with van der Waals surface area (Å²) >= 11 is 0. The number of amides is 1. The Morgan fingerprint density at radius 2 is 1.74 bits per heavy atom. The van der Waals surface area contributed by atoms with Gasteiger partial charge in [-0.2, -0.15) is 0 Å². The Labute approximate surface area is 229 Å². The maximum atomic E-state index is 13.4. The van der Waals surface area contributed by atoms with Crippen LogP contribution in [0.4, 0.5) is 0 Å². The van der Waals surface area contributed by atoms with E-state index in [-0.39, 0.29) is 11.3 Å². The van der Waals surface area contributed by atoms with E-state index in [1.807, 2.05) is 19.9 Å². The van der Waals surface area contributed by atoms with Crippen molar-refractivity contribution in [1.82, 2.24) is 9.80 Å². The Kier molecular flexibility index (Phi) is 9.84. The summed E-state index contributed by atoms with van der Waals surface area (Å²) in [5, 5.41) is 11.4. The Bertz CT molecular complexity index is 1170. The first kappa shape index (κ1) is 28.4. The first-order chi connectivity index (χ1) is 19.0. The van der Waals surface area contributed by atoms with Gasteiger partial charge in [0, 0.05) is 31.7 Å². The lowest BCUT2D eigenvalue weighted by molar-refractivity contribution is -0.140. The molecule has 0 spiro atoms. The zero-order chi connectivity index (χ0) is 27.8. The average Bonchev–Trinajstić information content (AvgIpc) is 3.22. The molecule has 1 amide bonds. The van der Waals surface area contributed by atoms with E-state index in [1.165, 1.54) is 0 Å². The molecule has 2 aromatic carbocycles. The predicted octanol–water partition coefficient (Wildman–Crippen LogP) is 4.03. The van der Waals surface area contributed by atoms with Gasteiger partial charge in [-0.15, -0.1) is 0 Å². The number of ether oxygens (including phenoxy) is 4. The van der Waals surface area contributed by atoms with E-state index in [1.54, 1.807) is 48.4 Å². The number of benzene rings is 2. The molecule has 0 bridgehead atoms. The van der Waals surface area contributed by atoms with Crippen molar-refractivity contribution in [3.8, 4) is 17.2 Å². The van der Waals surface area contributed by atoms with E-state index in [0.717, 1.165) is 26.1 Å². The Balaban J connectivity index is 1.69. The molecule has 2 aromatic rings. The van der Waals surface area contributed by atoms with Crippen LogP contribution in [0.5, 0.6) is 17.2 Å². The number of rotatable bonds is 12. The summed E-state index contributed by atoms with van der Waals surface area (Å²) in [7, 11) is 1.54. The van der Waals surface area contributed by atoms with Gasteiger partial charge in [0.1, 0.15) is 11.5 Å². The highest BCUT2D eigenvalue weighted by molar-refractivity contribution is 6.46. The molecule has 0 aromatic heterocycles. The summed E-state index contributed by atoms with van der Waals surface area (Å²) < 4.78 is 22.3. The van der Waals surface area contributed by atoms with E-state index in [0.29, 0.717) is 67.8 Å². The molecule has 0 aliphatic carbocycles. The van der Waals surface area contributed by atoms with Gasteiger partial charge in [0.2, 0.25) is 0 Å². The molecule has 39 heavy (non-hydrogen) atoms. The van der Waals surface area contributed by atoms with Gasteiger partial charge in [0.05, 0.1) is 45.2 Å². The van der Waals surface area contributed by atoms with Gasteiger partial charge in [-0.25, -0.2) is 0 Å². The summed E-state index contributed by atoms with van der Waals surface area (Å²) in [5.74, 6) is 0.178. The van der Waals surface area contributed by atoms with Crippen LogP contribution in [0.2, 0.25) is 0 Å². The molecule has 9 heteroatoms. The number of methoxy groups -OCH3 is 1. The molecule has 2 fully saturated rings. The fraction of sp³-hybridized carbons (Fsp3) is 0.467. The molecule has 4 rings (SSSR count). The van der Waals surface area contributed by atoms with E-state index in [4.69, 9.17) is 18.9 Å². The molecular weight excluding hydrogens is 500 g/mol. The zero-order valence-corrected chi connectivity index (χ0v) is 23.0. The van der Waals surface area contributed by atoms with Crippen LogP contribution < -0.4 is 14.2 Å². The summed E-state index contributed by atoms with van der Waals surface area (Å²) in [5.41, 5.74) is 1.15. The van der Waals surface area contributed by atoms with E-state index in [2.05, 4.69) is 4.90 Å². The summed E-state index contributed by atoms with van der Waals surface area (Å²) in [4.78, 5) is 30.6. The van der Waals surface area contributed by atoms with Crippen molar-refractivity contribution in [1.29, 1.82) is 0 Å². The van der Waals surface area contributed by atoms with Crippen LogP contribution in [0.3, 0.4) is 0 Å². The minimum absolute atomic E-state index is 0.0554. The zero-order valence-electron chi connectivity index (χ0n) is 23.0. The normalized spacial score (nSPS) is 19.4. The molecule has 9 nitrogen and oxygen atoms in total. The second-order valence-electron chi connectivity index (χ2n) is 9.52. The maximum absolute atomic E-state index is 13.4. The molecule has 1 atom stereocenters. The highest BCUT2D eigenvalue weighted by atomic mass is 16.5. The topological polar surface area (TPSA) is 97.8 Å². The number of hydrogen-bond acceptors (Lipinski definition) is 8. The second kappa shape index (κ2) is 13.5. The number of ketones is 1. The predicted molar refractivity (Wildman–Crippen MR) is 147 cm³/mol. The molecule has 2 heterocycles. The lowest BCUT2D eigenvalue weighted by Gasteiger charge is -2.29. The molecule has 2 aliphatic rings. The van der Waals surface area contributed by atoms with Crippen molar-refractivity contribution in [2.24, 2.45) is 0 Å². The second-order valence-corrected chi connectivity index (χ2v) is 9.52. The van der Waals surface area contributed by atoms with Gasteiger partial charge in [-0.3, -0.25) is 14.5 Å². The van der Waals surface area contributed by atoms with Gasteiger partial charge in [-0.05, 0) is 61.7 Å². The molecule has 0 saturated carbocycles. The third-order valence-electron chi connectivity index (χ3n) is 6.92.